The first-order valence-electron chi connectivity index (χ1n) is 6.07. The Balaban J connectivity index is 2.26. The lowest BCUT2D eigenvalue weighted by atomic mass is 10.1. The van der Waals surface area contributed by atoms with Gasteiger partial charge in [-0.3, -0.25) is 4.79 Å². The van der Waals surface area contributed by atoms with E-state index in [1.807, 2.05) is 0 Å². The molecular formula is C15H12BrFN2O2. The third-order valence-corrected chi connectivity index (χ3v) is 3.35. The minimum atomic E-state index is -0.597. The van der Waals surface area contributed by atoms with Crippen molar-refractivity contribution >= 4 is 33.2 Å². The Morgan fingerprint density at radius 3 is 2.76 bits per heavy atom. The summed E-state index contributed by atoms with van der Waals surface area (Å²) in [7, 11) is 0. The van der Waals surface area contributed by atoms with Crippen molar-refractivity contribution in [3.05, 3.63) is 63.9 Å². The minimum Gasteiger partial charge on any atom is -0.411 e. The summed E-state index contributed by atoms with van der Waals surface area (Å²) in [6.45, 7) is 1.63. The number of oxime groups is 1. The molecule has 2 aromatic carbocycles. The number of nitrogens with one attached hydrogen (secondary N) is 1. The summed E-state index contributed by atoms with van der Waals surface area (Å²) in [6.07, 6.45) is 0. The molecule has 0 aromatic heterocycles. The van der Waals surface area contributed by atoms with Gasteiger partial charge in [0, 0.05) is 15.7 Å². The fourth-order valence-electron chi connectivity index (χ4n) is 1.75. The zero-order valence-corrected chi connectivity index (χ0v) is 12.7. The van der Waals surface area contributed by atoms with E-state index in [1.54, 1.807) is 31.2 Å². The number of carbonyl (C=O) groups excluding carboxylic acids is 1. The molecule has 0 unspecified atom stereocenters. The van der Waals surface area contributed by atoms with Gasteiger partial charge in [0.1, 0.15) is 5.82 Å². The van der Waals surface area contributed by atoms with Crippen LogP contribution in [0, 0.1) is 5.82 Å². The summed E-state index contributed by atoms with van der Waals surface area (Å²) >= 11 is 3.20. The lowest BCUT2D eigenvalue weighted by Gasteiger charge is -2.08. The molecule has 0 aliphatic heterocycles. The standard InChI is InChI=1S/C15H12BrFN2O2/c1-9(19-21)10-3-2-4-12(7-10)18-15(20)13-8-11(16)5-6-14(13)17/h2-8,21H,1H3,(H,18,20)/b19-9+. The second-order valence-electron chi connectivity index (χ2n) is 4.34. The van der Waals surface area contributed by atoms with Gasteiger partial charge in [0.2, 0.25) is 0 Å². The molecule has 4 nitrogen and oxygen atoms in total. The summed E-state index contributed by atoms with van der Waals surface area (Å²) in [4.78, 5) is 12.1. The molecule has 2 aromatic rings. The molecule has 21 heavy (non-hydrogen) atoms. The van der Waals surface area contributed by atoms with E-state index in [0.29, 0.717) is 21.4 Å². The maximum absolute atomic E-state index is 13.7. The van der Waals surface area contributed by atoms with Crippen LogP contribution >= 0.6 is 15.9 Å². The predicted molar refractivity (Wildman–Crippen MR) is 82.5 cm³/mol. The molecule has 2 N–H and O–H groups in total. The first kappa shape index (κ1) is 15.2. The Morgan fingerprint density at radius 2 is 2.05 bits per heavy atom. The highest BCUT2D eigenvalue weighted by Crippen LogP contribution is 2.18. The second-order valence-corrected chi connectivity index (χ2v) is 5.26. The Labute approximate surface area is 129 Å². The van der Waals surface area contributed by atoms with Crippen LogP contribution in [0.4, 0.5) is 10.1 Å². The average Bonchev–Trinajstić information content (AvgIpc) is 2.49. The first-order chi connectivity index (χ1) is 10.0. The van der Waals surface area contributed by atoms with Crippen molar-refractivity contribution < 1.29 is 14.4 Å². The minimum absolute atomic E-state index is 0.0534. The maximum Gasteiger partial charge on any atom is 0.258 e. The zero-order chi connectivity index (χ0) is 15.4. The van der Waals surface area contributed by atoms with Crippen molar-refractivity contribution in [3.8, 4) is 0 Å². The van der Waals surface area contributed by atoms with Crippen LogP contribution in [-0.2, 0) is 0 Å². The molecule has 6 heteroatoms. The molecule has 0 saturated heterocycles. The van der Waals surface area contributed by atoms with Gasteiger partial charge in [0.05, 0.1) is 11.3 Å². The molecule has 0 atom stereocenters. The van der Waals surface area contributed by atoms with E-state index < -0.39 is 11.7 Å². The fourth-order valence-corrected chi connectivity index (χ4v) is 2.11. The van der Waals surface area contributed by atoms with Crippen molar-refractivity contribution in [1.82, 2.24) is 0 Å². The lowest BCUT2D eigenvalue weighted by molar-refractivity contribution is 0.102. The lowest BCUT2D eigenvalue weighted by Crippen LogP contribution is -2.14. The molecule has 0 radical (unpaired) electrons. The van der Waals surface area contributed by atoms with E-state index in [1.165, 1.54) is 18.2 Å². The number of benzene rings is 2. The molecule has 0 bridgehead atoms. The van der Waals surface area contributed by atoms with Crippen molar-refractivity contribution in [2.75, 3.05) is 5.32 Å². The Kier molecular flexibility index (Phi) is 4.70. The largest absolute Gasteiger partial charge is 0.411 e. The van der Waals surface area contributed by atoms with Crippen LogP contribution in [0.3, 0.4) is 0 Å². The number of nitrogens with zero attached hydrogens (tertiary/aromatic N) is 1. The van der Waals surface area contributed by atoms with E-state index >= 15 is 0 Å². The molecule has 1 amide bonds. The number of hydrogen-bond donors (Lipinski definition) is 2. The number of carbonyl (C=O) groups is 1. The molecule has 2 rings (SSSR count). The SMILES string of the molecule is C/C(=N\O)c1cccc(NC(=O)c2cc(Br)ccc2F)c1. The van der Waals surface area contributed by atoms with Gasteiger partial charge in [-0.05, 0) is 37.3 Å². The highest BCUT2D eigenvalue weighted by Gasteiger charge is 2.12. The van der Waals surface area contributed by atoms with E-state index in [-0.39, 0.29) is 5.56 Å². The van der Waals surface area contributed by atoms with Gasteiger partial charge >= 0.3 is 0 Å². The summed E-state index contributed by atoms with van der Waals surface area (Å²) in [5.74, 6) is -1.15. The summed E-state index contributed by atoms with van der Waals surface area (Å²) in [5, 5.41) is 14.5. The molecule has 108 valence electrons. The van der Waals surface area contributed by atoms with Crippen LogP contribution < -0.4 is 5.32 Å². The van der Waals surface area contributed by atoms with Gasteiger partial charge in [-0.2, -0.15) is 0 Å². The Hall–Kier alpha value is -2.21. The van der Waals surface area contributed by atoms with Crippen molar-refractivity contribution in [3.63, 3.8) is 0 Å². The van der Waals surface area contributed by atoms with Gasteiger partial charge in [-0.15, -0.1) is 0 Å². The third kappa shape index (κ3) is 3.66. The Bertz CT molecular complexity index is 717. The van der Waals surface area contributed by atoms with Crippen LogP contribution in [0.1, 0.15) is 22.8 Å². The highest BCUT2D eigenvalue weighted by atomic mass is 79.9. The summed E-state index contributed by atoms with van der Waals surface area (Å²) < 4.78 is 14.3. The molecule has 0 aliphatic carbocycles. The van der Waals surface area contributed by atoms with Crippen LogP contribution in [0.5, 0.6) is 0 Å². The molecule has 0 heterocycles. The number of amides is 1. The number of rotatable bonds is 3. The van der Waals surface area contributed by atoms with Crippen molar-refractivity contribution in [1.29, 1.82) is 0 Å². The molecular weight excluding hydrogens is 339 g/mol. The molecule has 0 saturated carbocycles. The molecule has 0 spiro atoms. The summed E-state index contributed by atoms with van der Waals surface area (Å²) in [6, 6.07) is 10.9. The molecule has 0 fully saturated rings. The normalized spacial score (nSPS) is 11.3. The van der Waals surface area contributed by atoms with Crippen LogP contribution in [0.25, 0.3) is 0 Å². The monoisotopic (exact) mass is 350 g/mol. The topological polar surface area (TPSA) is 61.7 Å². The fraction of sp³-hybridized carbons (Fsp3) is 0.0667. The van der Waals surface area contributed by atoms with E-state index in [4.69, 9.17) is 5.21 Å². The molecule has 0 aliphatic rings. The van der Waals surface area contributed by atoms with Gasteiger partial charge < -0.3 is 10.5 Å². The smallest absolute Gasteiger partial charge is 0.258 e. The predicted octanol–water partition coefficient (Wildman–Crippen LogP) is 4.04. The zero-order valence-electron chi connectivity index (χ0n) is 11.1. The van der Waals surface area contributed by atoms with E-state index in [9.17, 15) is 9.18 Å². The number of hydrogen-bond acceptors (Lipinski definition) is 3. The summed E-state index contributed by atoms with van der Waals surface area (Å²) in [5.41, 5.74) is 1.51. The quantitative estimate of drug-likeness (QED) is 0.498. The van der Waals surface area contributed by atoms with E-state index in [0.717, 1.165) is 0 Å². The van der Waals surface area contributed by atoms with Gasteiger partial charge in [-0.25, -0.2) is 4.39 Å². The first-order valence-corrected chi connectivity index (χ1v) is 6.86. The van der Waals surface area contributed by atoms with Crippen LogP contribution in [0.15, 0.2) is 52.1 Å². The van der Waals surface area contributed by atoms with E-state index in [2.05, 4.69) is 26.4 Å². The second kappa shape index (κ2) is 6.49. The van der Waals surface area contributed by atoms with Crippen LogP contribution in [-0.4, -0.2) is 16.8 Å². The van der Waals surface area contributed by atoms with Crippen LogP contribution in [0.2, 0.25) is 0 Å². The third-order valence-electron chi connectivity index (χ3n) is 2.86. The maximum atomic E-state index is 13.7. The highest BCUT2D eigenvalue weighted by molar-refractivity contribution is 9.10. The van der Waals surface area contributed by atoms with Gasteiger partial charge in [0.15, 0.2) is 0 Å². The van der Waals surface area contributed by atoms with Gasteiger partial charge in [-0.1, -0.05) is 33.2 Å². The number of halogens is 2. The number of anilines is 1. The Morgan fingerprint density at radius 1 is 1.29 bits per heavy atom. The van der Waals surface area contributed by atoms with Crippen molar-refractivity contribution in [2.45, 2.75) is 6.92 Å². The van der Waals surface area contributed by atoms with Gasteiger partial charge in [0.25, 0.3) is 5.91 Å². The average molecular weight is 351 g/mol. The van der Waals surface area contributed by atoms with Crippen molar-refractivity contribution in [2.24, 2.45) is 5.16 Å².